The average Bonchev–Trinajstić information content (AvgIpc) is 3.94. The lowest BCUT2D eigenvalue weighted by molar-refractivity contribution is -0.870. The molecule has 0 bridgehead atoms. The summed E-state index contributed by atoms with van der Waals surface area (Å²) >= 11 is 0. The van der Waals surface area contributed by atoms with E-state index in [1.54, 1.807) is 0 Å². The van der Waals surface area contributed by atoms with Gasteiger partial charge in [0.25, 0.3) is 0 Å². The van der Waals surface area contributed by atoms with Gasteiger partial charge in [-0.15, -0.1) is 0 Å². The number of nitrogens with zero attached hydrogens (tertiary/aromatic N) is 1. The van der Waals surface area contributed by atoms with Crippen molar-refractivity contribution in [3.05, 3.63) is 85.1 Å². The van der Waals surface area contributed by atoms with Gasteiger partial charge in [-0.25, -0.2) is 4.57 Å². The van der Waals surface area contributed by atoms with E-state index < -0.39 is 32.5 Å². The number of epoxide rings is 1. The van der Waals surface area contributed by atoms with Crippen molar-refractivity contribution in [3.63, 3.8) is 0 Å². The Labute approximate surface area is 358 Å². The Bertz CT molecular complexity index is 1340. The Kier molecular flexibility index (Phi) is 32.9. The van der Waals surface area contributed by atoms with Gasteiger partial charge in [0, 0.05) is 12.8 Å². The molecular formula is C48H81NO9P+. The van der Waals surface area contributed by atoms with Crippen LogP contribution < -0.4 is 0 Å². The number of esters is 2. The summed E-state index contributed by atoms with van der Waals surface area (Å²) in [5, 5.41) is 0. The van der Waals surface area contributed by atoms with Gasteiger partial charge >= 0.3 is 19.8 Å². The number of rotatable bonds is 38. The van der Waals surface area contributed by atoms with Crippen molar-refractivity contribution >= 4 is 19.8 Å². The number of hydrogen-bond acceptors (Lipinski definition) is 8. The summed E-state index contributed by atoms with van der Waals surface area (Å²) in [4.78, 5) is 35.4. The molecule has 1 heterocycles. The molecule has 1 aliphatic rings. The number of unbranched alkanes of at least 4 members (excludes halogenated alkanes) is 8. The molecule has 3 unspecified atom stereocenters. The maximum atomic E-state index is 12.7. The number of hydrogen-bond donors (Lipinski definition) is 1. The van der Waals surface area contributed by atoms with Crippen molar-refractivity contribution in [1.29, 1.82) is 0 Å². The van der Waals surface area contributed by atoms with Gasteiger partial charge in [-0.2, -0.15) is 0 Å². The third kappa shape index (κ3) is 36.7. The number of phosphoric acid groups is 1. The SMILES string of the molecule is CCCCC/C=C\C/C=C\C/C=C\C/C=C\CCCC(=O)OC[C@H](COP(=O)(O)OCC[N+](C)(C)C)OC(=O)CCC/C=C\C/C=C\CC1OC1C/C=C\CCCCC. The summed E-state index contributed by atoms with van der Waals surface area (Å²) in [5.41, 5.74) is 0. The third-order valence-corrected chi connectivity index (χ3v) is 10.3. The minimum absolute atomic E-state index is 0.00594. The first-order valence-corrected chi connectivity index (χ1v) is 23.9. The standard InChI is InChI=1S/C48H80NO9P/c1-6-8-10-12-14-15-16-17-18-19-20-21-22-23-26-30-34-38-47(50)54-42-44(43-56-59(52,53)55-41-40-49(3,4)5)57-48(51)39-35-31-27-24-25-29-33-37-46-45(58-46)36-32-28-13-11-9-7-2/h14-15,17-18,20-21,23-24,26-29,32-33,44-46H,6-13,16,19,22,25,30-31,34-43H2,1-5H3/p+1/b15-14-,18-17-,21-20-,26-23-,27-24-,32-28-,33-29-/t44-,45?,46?/m1/s1. The zero-order valence-corrected chi connectivity index (χ0v) is 38.3. The van der Waals surface area contributed by atoms with Crippen LogP contribution in [0.5, 0.6) is 0 Å². The first kappa shape index (κ1) is 54.2. The van der Waals surface area contributed by atoms with E-state index in [1.165, 1.54) is 44.9 Å². The van der Waals surface area contributed by atoms with Crippen molar-refractivity contribution in [2.24, 2.45) is 0 Å². The molecule has 0 aromatic carbocycles. The molecule has 1 fully saturated rings. The van der Waals surface area contributed by atoms with E-state index in [0.29, 0.717) is 42.5 Å². The van der Waals surface area contributed by atoms with E-state index in [4.69, 9.17) is 23.3 Å². The molecular weight excluding hydrogens is 765 g/mol. The second-order valence-corrected chi connectivity index (χ2v) is 17.6. The number of quaternary nitrogens is 1. The Morgan fingerprint density at radius 3 is 1.56 bits per heavy atom. The van der Waals surface area contributed by atoms with Crippen LogP contribution in [0, 0.1) is 0 Å². The first-order valence-electron chi connectivity index (χ1n) is 22.4. The minimum atomic E-state index is -4.41. The van der Waals surface area contributed by atoms with E-state index in [1.807, 2.05) is 33.3 Å². The molecule has 0 radical (unpaired) electrons. The molecule has 10 nitrogen and oxygen atoms in total. The summed E-state index contributed by atoms with van der Waals surface area (Å²) in [5.74, 6) is -0.945. The summed E-state index contributed by atoms with van der Waals surface area (Å²) in [6.45, 7) is 4.20. The van der Waals surface area contributed by atoms with Crippen LogP contribution in [0.2, 0.25) is 0 Å². The van der Waals surface area contributed by atoms with Crippen molar-refractivity contribution in [2.45, 2.75) is 161 Å². The quantitative estimate of drug-likeness (QED) is 0.0162. The number of carbonyl (C=O) groups is 2. The summed E-state index contributed by atoms with van der Waals surface area (Å²) in [7, 11) is 1.39. The fourth-order valence-electron chi connectivity index (χ4n) is 5.63. The second-order valence-electron chi connectivity index (χ2n) is 16.1. The minimum Gasteiger partial charge on any atom is -0.462 e. The van der Waals surface area contributed by atoms with Gasteiger partial charge < -0.3 is 23.6 Å². The topological polar surface area (TPSA) is 121 Å². The molecule has 0 saturated carbocycles. The first-order chi connectivity index (χ1) is 28.5. The van der Waals surface area contributed by atoms with Gasteiger partial charge in [-0.1, -0.05) is 125 Å². The fourth-order valence-corrected chi connectivity index (χ4v) is 6.37. The summed E-state index contributed by atoms with van der Waals surface area (Å²) in [6, 6.07) is 0. The van der Waals surface area contributed by atoms with E-state index in [9.17, 15) is 19.0 Å². The summed E-state index contributed by atoms with van der Waals surface area (Å²) in [6.07, 6.45) is 48.2. The predicted molar refractivity (Wildman–Crippen MR) is 242 cm³/mol. The molecule has 0 spiro atoms. The molecule has 0 aromatic rings. The van der Waals surface area contributed by atoms with Crippen LogP contribution in [0.3, 0.4) is 0 Å². The molecule has 4 atom stereocenters. The van der Waals surface area contributed by atoms with Crippen LogP contribution in [0.25, 0.3) is 0 Å². The number of likely N-dealkylation sites (N-methyl/N-ethyl adjacent to an activating group) is 1. The number of ether oxygens (including phenoxy) is 3. The van der Waals surface area contributed by atoms with Gasteiger partial charge in [0.05, 0.1) is 40.0 Å². The average molecular weight is 847 g/mol. The van der Waals surface area contributed by atoms with Gasteiger partial charge in [0.15, 0.2) is 6.10 Å². The molecule has 1 aliphatic heterocycles. The van der Waals surface area contributed by atoms with Gasteiger partial charge in [-0.05, 0) is 89.9 Å². The van der Waals surface area contributed by atoms with E-state index in [2.05, 4.69) is 86.8 Å². The lowest BCUT2D eigenvalue weighted by Crippen LogP contribution is -2.37. The highest BCUT2D eigenvalue weighted by Crippen LogP contribution is 2.43. The number of phosphoric ester groups is 1. The molecule has 0 aliphatic carbocycles. The Morgan fingerprint density at radius 2 is 1.05 bits per heavy atom. The lowest BCUT2D eigenvalue weighted by Gasteiger charge is -2.24. The van der Waals surface area contributed by atoms with Crippen LogP contribution in [-0.2, 0) is 37.4 Å². The van der Waals surface area contributed by atoms with Crippen molar-refractivity contribution in [2.75, 3.05) is 47.5 Å². The Morgan fingerprint density at radius 1 is 0.610 bits per heavy atom. The van der Waals surface area contributed by atoms with Crippen LogP contribution in [0.4, 0.5) is 0 Å². The van der Waals surface area contributed by atoms with E-state index >= 15 is 0 Å². The molecule has 11 heteroatoms. The van der Waals surface area contributed by atoms with Gasteiger partial charge in [-0.3, -0.25) is 18.6 Å². The van der Waals surface area contributed by atoms with Crippen LogP contribution in [0.15, 0.2) is 85.1 Å². The molecule has 1 N–H and O–H groups in total. The number of carbonyl (C=O) groups excluding carboxylic acids is 2. The van der Waals surface area contributed by atoms with Crippen molar-refractivity contribution in [3.8, 4) is 0 Å². The Balaban J connectivity index is 2.37. The van der Waals surface area contributed by atoms with E-state index in [-0.39, 0.29) is 26.1 Å². The van der Waals surface area contributed by atoms with Crippen LogP contribution in [-0.4, -0.2) is 87.1 Å². The maximum absolute atomic E-state index is 12.7. The third-order valence-electron chi connectivity index (χ3n) is 9.30. The normalized spacial score (nSPS) is 17.8. The van der Waals surface area contributed by atoms with Crippen molar-refractivity contribution < 1.29 is 46.8 Å². The van der Waals surface area contributed by atoms with Crippen LogP contribution in [0.1, 0.15) is 142 Å². The monoisotopic (exact) mass is 847 g/mol. The smallest absolute Gasteiger partial charge is 0.462 e. The highest BCUT2D eigenvalue weighted by molar-refractivity contribution is 7.47. The van der Waals surface area contributed by atoms with Crippen LogP contribution >= 0.6 is 7.82 Å². The molecule has 1 rings (SSSR count). The highest BCUT2D eigenvalue weighted by Gasteiger charge is 2.36. The second kappa shape index (κ2) is 35.9. The lowest BCUT2D eigenvalue weighted by atomic mass is 10.1. The zero-order valence-electron chi connectivity index (χ0n) is 37.4. The molecule has 1 saturated heterocycles. The summed E-state index contributed by atoms with van der Waals surface area (Å²) < 4.78 is 39.9. The molecule has 336 valence electrons. The van der Waals surface area contributed by atoms with E-state index in [0.717, 1.165) is 51.4 Å². The molecule has 0 amide bonds. The maximum Gasteiger partial charge on any atom is 0.472 e. The fraction of sp³-hybridized carbons (Fsp3) is 0.667. The van der Waals surface area contributed by atoms with Gasteiger partial charge in [0.2, 0.25) is 0 Å². The number of allylic oxidation sites excluding steroid dienone is 12. The largest absolute Gasteiger partial charge is 0.472 e. The zero-order chi connectivity index (χ0) is 43.3. The molecule has 59 heavy (non-hydrogen) atoms. The Hall–Kier alpha value is -2.85. The van der Waals surface area contributed by atoms with Crippen molar-refractivity contribution in [1.82, 2.24) is 0 Å². The van der Waals surface area contributed by atoms with Gasteiger partial charge in [0.1, 0.15) is 19.8 Å². The highest BCUT2D eigenvalue weighted by atomic mass is 31.2. The predicted octanol–water partition coefficient (Wildman–Crippen LogP) is 11.8. The molecule has 0 aromatic heterocycles.